The zero-order valence-electron chi connectivity index (χ0n) is 20.3. The van der Waals surface area contributed by atoms with Gasteiger partial charge in [0.25, 0.3) is 5.91 Å². The number of ether oxygens (including phenoxy) is 2. The summed E-state index contributed by atoms with van der Waals surface area (Å²) in [4.78, 5) is 38.6. The summed E-state index contributed by atoms with van der Waals surface area (Å²) in [6.45, 7) is 5.51. The fourth-order valence-corrected chi connectivity index (χ4v) is 4.37. The summed E-state index contributed by atoms with van der Waals surface area (Å²) in [6, 6.07) is 0. The van der Waals surface area contributed by atoms with Crippen LogP contribution in [0.1, 0.15) is 45.2 Å². The van der Waals surface area contributed by atoms with Crippen LogP contribution in [0.5, 0.6) is 0 Å². The summed E-state index contributed by atoms with van der Waals surface area (Å²) in [5, 5.41) is 23.5. The van der Waals surface area contributed by atoms with Crippen LogP contribution >= 0.6 is 0 Å². The quantitative estimate of drug-likeness (QED) is 0.400. The Kier molecular flexibility index (Phi) is 7.88. The molecular formula is C23H31N7O6. The van der Waals surface area contributed by atoms with Crippen LogP contribution in [0.3, 0.4) is 0 Å². The van der Waals surface area contributed by atoms with Crippen LogP contribution in [0.15, 0.2) is 6.33 Å². The van der Waals surface area contributed by atoms with Crippen molar-refractivity contribution >= 4 is 29.0 Å². The number of likely N-dealkylation sites (tertiary alicyclic amines) is 1. The molecule has 2 amide bonds. The van der Waals surface area contributed by atoms with Gasteiger partial charge in [0.1, 0.15) is 17.7 Å². The predicted molar refractivity (Wildman–Crippen MR) is 127 cm³/mol. The van der Waals surface area contributed by atoms with Gasteiger partial charge in [-0.1, -0.05) is 5.92 Å². The van der Waals surface area contributed by atoms with Gasteiger partial charge in [0, 0.05) is 26.1 Å². The highest BCUT2D eigenvalue weighted by Gasteiger charge is 2.47. The van der Waals surface area contributed by atoms with E-state index in [2.05, 4.69) is 32.1 Å². The fraction of sp³-hybridized carbons (Fsp3) is 0.609. The van der Waals surface area contributed by atoms with Gasteiger partial charge < -0.3 is 35.6 Å². The molecule has 0 radical (unpaired) electrons. The van der Waals surface area contributed by atoms with Crippen molar-refractivity contribution in [2.45, 2.75) is 57.6 Å². The highest BCUT2D eigenvalue weighted by atomic mass is 16.6. The van der Waals surface area contributed by atoms with Crippen molar-refractivity contribution in [2.24, 2.45) is 5.92 Å². The number of anilines is 1. The second kappa shape index (κ2) is 11.1. The Bertz CT molecular complexity index is 1170. The van der Waals surface area contributed by atoms with E-state index in [-0.39, 0.29) is 23.4 Å². The van der Waals surface area contributed by atoms with E-state index < -0.39 is 30.4 Å². The van der Waals surface area contributed by atoms with E-state index in [4.69, 9.17) is 15.2 Å². The van der Waals surface area contributed by atoms with Gasteiger partial charge in [-0.05, 0) is 38.5 Å². The van der Waals surface area contributed by atoms with Crippen molar-refractivity contribution in [1.29, 1.82) is 0 Å². The van der Waals surface area contributed by atoms with E-state index in [1.807, 2.05) is 0 Å². The van der Waals surface area contributed by atoms with Gasteiger partial charge in [0.05, 0.1) is 12.9 Å². The van der Waals surface area contributed by atoms with Gasteiger partial charge >= 0.3 is 6.09 Å². The van der Waals surface area contributed by atoms with Crippen LogP contribution < -0.4 is 11.1 Å². The zero-order valence-corrected chi connectivity index (χ0v) is 20.3. The molecule has 2 aliphatic rings. The normalized spacial score (nSPS) is 24.4. The van der Waals surface area contributed by atoms with E-state index in [0.717, 1.165) is 12.8 Å². The molecule has 2 fully saturated rings. The standard InChI is InChI=1S/C23H31N7O6/c1-3-25-21(33)18-16(31)17(32)22(36-18)30-12-26-15-19(24)27-14(28-20(15)30)7-5-6-13-8-10-29(11-9-13)23(34)35-4-2/h12-13,16-18,22,31-32H,3-4,6,8-11H2,1-2H3,(H,25,33)(H2,24,27,28)/t16?,17-,18-,22+/m0/s1. The highest BCUT2D eigenvalue weighted by molar-refractivity contribution is 5.83. The summed E-state index contributed by atoms with van der Waals surface area (Å²) >= 11 is 0. The number of nitrogens with one attached hydrogen (secondary N) is 1. The predicted octanol–water partition coefficient (Wildman–Crippen LogP) is -0.226. The number of nitrogens with zero attached hydrogens (tertiary/aromatic N) is 5. The largest absolute Gasteiger partial charge is 0.450 e. The van der Waals surface area contributed by atoms with Crippen LogP contribution in [0, 0.1) is 17.8 Å². The summed E-state index contributed by atoms with van der Waals surface area (Å²) in [5.74, 6) is 6.14. The number of aromatic nitrogens is 4. The molecule has 4 heterocycles. The van der Waals surface area contributed by atoms with Crippen molar-refractivity contribution in [1.82, 2.24) is 29.7 Å². The molecule has 0 saturated carbocycles. The van der Waals surface area contributed by atoms with Gasteiger partial charge in [-0.25, -0.2) is 19.7 Å². The van der Waals surface area contributed by atoms with Crippen LogP contribution in [-0.4, -0.2) is 91.2 Å². The van der Waals surface area contributed by atoms with Crippen LogP contribution in [0.4, 0.5) is 10.6 Å². The molecule has 0 bridgehead atoms. The zero-order chi connectivity index (χ0) is 25.8. The lowest BCUT2D eigenvalue weighted by Crippen LogP contribution is -2.42. The molecule has 2 saturated heterocycles. The number of hydrogen-bond acceptors (Lipinski definition) is 10. The number of fused-ring (bicyclic) bond motifs is 1. The van der Waals surface area contributed by atoms with E-state index in [0.29, 0.717) is 44.1 Å². The van der Waals surface area contributed by atoms with Crippen molar-refractivity contribution in [2.75, 3.05) is 32.0 Å². The molecule has 0 aromatic carbocycles. The summed E-state index contributed by atoms with van der Waals surface area (Å²) in [5.41, 5.74) is 6.62. The van der Waals surface area contributed by atoms with Crippen molar-refractivity contribution in [3.8, 4) is 11.8 Å². The number of carbonyl (C=O) groups excluding carboxylic acids is 2. The molecule has 13 heteroatoms. The van der Waals surface area contributed by atoms with Crippen molar-refractivity contribution in [3.63, 3.8) is 0 Å². The molecule has 1 unspecified atom stereocenters. The number of nitrogen functional groups attached to an aromatic ring is 1. The lowest BCUT2D eigenvalue weighted by molar-refractivity contribution is -0.137. The molecule has 13 nitrogen and oxygen atoms in total. The Balaban J connectivity index is 1.47. The third kappa shape index (κ3) is 5.20. The molecule has 194 valence electrons. The minimum Gasteiger partial charge on any atom is -0.450 e. The number of hydrogen-bond donors (Lipinski definition) is 4. The number of carbonyl (C=O) groups is 2. The van der Waals surface area contributed by atoms with Gasteiger partial charge in [0.15, 0.2) is 23.8 Å². The van der Waals surface area contributed by atoms with E-state index in [1.54, 1.807) is 18.7 Å². The van der Waals surface area contributed by atoms with E-state index >= 15 is 0 Å². The molecule has 0 aliphatic carbocycles. The summed E-state index contributed by atoms with van der Waals surface area (Å²) in [6.07, 6.45) is -1.80. The van der Waals surface area contributed by atoms with Crippen molar-refractivity contribution in [3.05, 3.63) is 12.2 Å². The summed E-state index contributed by atoms with van der Waals surface area (Å²) in [7, 11) is 0. The monoisotopic (exact) mass is 501 g/mol. The maximum Gasteiger partial charge on any atom is 0.409 e. The number of piperidine rings is 1. The molecule has 0 spiro atoms. The van der Waals surface area contributed by atoms with Gasteiger partial charge in [0.2, 0.25) is 5.82 Å². The molecule has 5 N–H and O–H groups in total. The number of likely N-dealkylation sites (N-methyl/N-ethyl adjacent to an activating group) is 1. The Labute approximate surface area is 208 Å². The van der Waals surface area contributed by atoms with Gasteiger partial charge in [-0.3, -0.25) is 9.36 Å². The second-order valence-corrected chi connectivity index (χ2v) is 8.71. The molecule has 36 heavy (non-hydrogen) atoms. The van der Waals surface area contributed by atoms with Crippen molar-refractivity contribution < 1.29 is 29.3 Å². The lowest BCUT2D eigenvalue weighted by atomic mass is 9.94. The highest BCUT2D eigenvalue weighted by Crippen LogP contribution is 2.32. The Morgan fingerprint density at radius 2 is 2.00 bits per heavy atom. The maximum atomic E-state index is 12.2. The molecule has 4 rings (SSSR count). The number of aliphatic hydroxyl groups is 2. The first-order valence-electron chi connectivity index (χ1n) is 12.0. The fourth-order valence-electron chi connectivity index (χ4n) is 4.37. The van der Waals surface area contributed by atoms with Gasteiger partial charge in [-0.15, -0.1) is 0 Å². The van der Waals surface area contributed by atoms with E-state index in [9.17, 15) is 19.8 Å². The smallest absolute Gasteiger partial charge is 0.409 e. The molecule has 2 aromatic heterocycles. The topological polar surface area (TPSA) is 178 Å². The van der Waals surface area contributed by atoms with Crippen LogP contribution in [0.25, 0.3) is 11.2 Å². The van der Waals surface area contributed by atoms with Crippen LogP contribution in [0.2, 0.25) is 0 Å². The molecule has 2 aliphatic heterocycles. The Morgan fingerprint density at radius 3 is 2.69 bits per heavy atom. The number of imidazole rings is 1. The third-order valence-electron chi connectivity index (χ3n) is 6.30. The first kappa shape index (κ1) is 25.6. The lowest BCUT2D eigenvalue weighted by Gasteiger charge is -2.30. The van der Waals surface area contributed by atoms with Gasteiger partial charge in [-0.2, -0.15) is 0 Å². The second-order valence-electron chi connectivity index (χ2n) is 8.71. The first-order chi connectivity index (χ1) is 17.3. The number of aliphatic hydroxyl groups excluding tert-OH is 2. The molecule has 2 aromatic rings. The minimum absolute atomic E-state index is 0.110. The number of rotatable bonds is 5. The maximum absolute atomic E-state index is 12.2. The molecular weight excluding hydrogens is 470 g/mol. The number of amides is 2. The third-order valence-corrected chi connectivity index (χ3v) is 6.30. The first-order valence-corrected chi connectivity index (χ1v) is 12.0. The number of nitrogens with two attached hydrogens (primary N) is 1. The SMILES string of the molecule is CCNC(=O)[C@H]1O[C@@H](n2cnc3c(N)nc(C#CCC4CCN(C(=O)OCC)CC4)nc32)[C@@H](O)C1O. The Morgan fingerprint density at radius 1 is 1.25 bits per heavy atom. The average Bonchev–Trinajstić information content (AvgIpc) is 3.41. The van der Waals surface area contributed by atoms with E-state index in [1.165, 1.54) is 10.9 Å². The Hall–Kier alpha value is -3.47. The average molecular weight is 502 g/mol. The minimum atomic E-state index is -1.42. The summed E-state index contributed by atoms with van der Waals surface area (Å²) < 4.78 is 12.1. The molecule has 4 atom stereocenters. The van der Waals surface area contributed by atoms with Crippen LogP contribution in [-0.2, 0) is 14.3 Å².